The highest BCUT2D eigenvalue weighted by molar-refractivity contribution is 7.09. The molecule has 0 saturated carbocycles. The lowest BCUT2D eigenvalue weighted by Crippen LogP contribution is -2.24. The van der Waals surface area contributed by atoms with Crippen LogP contribution in [0.3, 0.4) is 0 Å². The average Bonchev–Trinajstić information content (AvgIpc) is 2.55. The third-order valence-corrected chi connectivity index (χ3v) is 2.41. The number of nitrogens with zero attached hydrogens (tertiary/aromatic N) is 1. The second-order valence-corrected chi connectivity index (χ2v) is 3.35. The molecule has 0 bridgehead atoms. The normalized spacial score (nSPS) is 13.6. The van der Waals surface area contributed by atoms with Gasteiger partial charge in [0.15, 0.2) is 0 Å². The lowest BCUT2D eigenvalue weighted by molar-refractivity contribution is -0.164. The van der Waals surface area contributed by atoms with Crippen molar-refractivity contribution in [2.24, 2.45) is 0 Å². The van der Waals surface area contributed by atoms with Crippen molar-refractivity contribution in [1.29, 1.82) is 0 Å². The van der Waals surface area contributed by atoms with Gasteiger partial charge in [-0.2, -0.15) is 13.2 Å². The second kappa shape index (κ2) is 4.41. The molecule has 0 aliphatic heterocycles. The van der Waals surface area contributed by atoms with E-state index in [0.29, 0.717) is 0 Å². The van der Waals surface area contributed by atoms with E-state index in [2.05, 4.69) is 9.72 Å². The fourth-order valence-electron chi connectivity index (χ4n) is 0.871. The Morgan fingerprint density at radius 2 is 2.36 bits per heavy atom. The predicted molar refractivity (Wildman–Crippen MR) is 42.9 cm³/mol. The molecule has 78 valence electrons. The number of carbonyl (C=O) groups excluding carboxylic acids is 1. The number of carbonyl (C=O) groups is 1. The van der Waals surface area contributed by atoms with Crippen LogP contribution in [0.2, 0.25) is 0 Å². The van der Waals surface area contributed by atoms with Gasteiger partial charge in [-0.15, -0.1) is 11.3 Å². The fraction of sp³-hybridized carbons (Fsp3) is 0.429. The molecule has 0 amide bonds. The number of aromatic nitrogens is 1. The molecule has 1 unspecified atom stereocenters. The Labute approximate surface area is 81.5 Å². The smallest absolute Gasteiger partial charge is 0.399 e. The molecule has 1 rings (SSSR count). The van der Waals surface area contributed by atoms with E-state index in [4.69, 9.17) is 0 Å². The minimum absolute atomic E-state index is 0.000223. The molecule has 0 spiro atoms. The van der Waals surface area contributed by atoms with Gasteiger partial charge in [0.2, 0.25) is 0 Å². The topological polar surface area (TPSA) is 39.2 Å². The molecule has 0 aromatic carbocycles. The van der Waals surface area contributed by atoms with E-state index in [9.17, 15) is 18.0 Å². The van der Waals surface area contributed by atoms with Crippen LogP contribution in [0.5, 0.6) is 0 Å². The maximum Gasteiger partial charge on any atom is 0.399 e. The number of thiazole rings is 1. The number of rotatable bonds is 4. The van der Waals surface area contributed by atoms with Crippen molar-refractivity contribution in [3.63, 3.8) is 0 Å². The summed E-state index contributed by atoms with van der Waals surface area (Å²) in [4.78, 5) is 13.4. The second-order valence-electron chi connectivity index (χ2n) is 2.43. The molecule has 0 saturated heterocycles. The quantitative estimate of drug-likeness (QED) is 0.735. The first-order valence-electron chi connectivity index (χ1n) is 3.56. The standard InChI is InChI=1S/C7H6F3NO2S/c8-7(9,10)5(2-13-4-12)6-1-11-3-14-6/h1,3-5H,2H2. The number of halogens is 3. The van der Waals surface area contributed by atoms with Gasteiger partial charge in [-0.25, -0.2) is 0 Å². The fourth-order valence-corrected chi connectivity index (χ4v) is 1.60. The molecule has 0 aliphatic rings. The van der Waals surface area contributed by atoms with E-state index < -0.39 is 18.7 Å². The molecule has 0 radical (unpaired) electrons. The number of hydrogen-bond acceptors (Lipinski definition) is 4. The third-order valence-electron chi connectivity index (χ3n) is 1.52. The molecule has 1 aromatic heterocycles. The largest absolute Gasteiger partial charge is 0.467 e. The number of alkyl halides is 3. The van der Waals surface area contributed by atoms with Crippen LogP contribution >= 0.6 is 11.3 Å². The van der Waals surface area contributed by atoms with Crippen molar-refractivity contribution in [3.8, 4) is 0 Å². The monoisotopic (exact) mass is 225 g/mol. The van der Waals surface area contributed by atoms with Gasteiger partial charge in [0.05, 0.1) is 5.51 Å². The van der Waals surface area contributed by atoms with Crippen LogP contribution in [-0.2, 0) is 9.53 Å². The Balaban J connectivity index is 2.77. The highest BCUT2D eigenvalue weighted by atomic mass is 32.1. The molecule has 14 heavy (non-hydrogen) atoms. The van der Waals surface area contributed by atoms with Crippen LogP contribution in [0, 0.1) is 0 Å². The Hall–Kier alpha value is -1.11. The molecule has 1 aromatic rings. The molecule has 0 N–H and O–H groups in total. The summed E-state index contributed by atoms with van der Waals surface area (Å²) in [6.45, 7) is -0.699. The van der Waals surface area contributed by atoms with Gasteiger partial charge in [-0.1, -0.05) is 0 Å². The van der Waals surface area contributed by atoms with E-state index in [1.165, 1.54) is 5.51 Å². The average molecular weight is 225 g/mol. The predicted octanol–water partition coefficient (Wildman–Crippen LogP) is 1.96. The third kappa shape index (κ3) is 2.69. The highest BCUT2D eigenvalue weighted by Gasteiger charge is 2.42. The van der Waals surface area contributed by atoms with E-state index in [1.807, 2.05) is 0 Å². The molecule has 0 aliphatic carbocycles. The van der Waals surface area contributed by atoms with Crippen molar-refractivity contribution in [2.75, 3.05) is 6.61 Å². The van der Waals surface area contributed by atoms with E-state index in [-0.39, 0.29) is 11.3 Å². The summed E-state index contributed by atoms with van der Waals surface area (Å²) in [5, 5.41) is 0. The van der Waals surface area contributed by atoms with Crippen molar-refractivity contribution < 1.29 is 22.7 Å². The summed E-state index contributed by atoms with van der Waals surface area (Å²) in [6, 6.07) is 0. The van der Waals surface area contributed by atoms with Crippen LogP contribution < -0.4 is 0 Å². The summed E-state index contributed by atoms with van der Waals surface area (Å²) >= 11 is 0.881. The summed E-state index contributed by atoms with van der Waals surface area (Å²) in [7, 11) is 0. The van der Waals surface area contributed by atoms with Gasteiger partial charge in [0.25, 0.3) is 6.47 Å². The van der Waals surface area contributed by atoms with E-state index in [1.54, 1.807) is 0 Å². The van der Waals surface area contributed by atoms with Crippen LogP contribution in [0.4, 0.5) is 13.2 Å². The Bertz CT molecular complexity index is 286. The zero-order chi connectivity index (χ0) is 10.6. The summed E-state index contributed by atoms with van der Waals surface area (Å²) in [5.74, 6) is -1.78. The van der Waals surface area contributed by atoms with E-state index >= 15 is 0 Å². The van der Waals surface area contributed by atoms with Crippen molar-refractivity contribution in [3.05, 3.63) is 16.6 Å². The van der Waals surface area contributed by atoms with Crippen molar-refractivity contribution in [2.45, 2.75) is 12.1 Å². The van der Waals surface area contributed by atoms with Gasteiger partial charge < -0.3 is 4.74 Å². The molecule has 1 atom stereocenters. The molecule has 1 heterocycles. The summed E-state index contributed by atoms with van der Waals surface area (Å²) < 4.78 is 41.3. The van der Waals surface area contributed by atoms with Gasteiger partial charge in [0.1, 0.15) is 12.5 Å². The first-order chi connectivity index (χ1) is 6.55. The first-order valence-corrected chi connectivity index (χ1v) is 4.44. The van der Waals surface area contributed by atoms with Gasteiger partial charge in [-0.05, 0) is 0 Å². The number of ether oxygens (including phenoxy) is 1. The van der Waals surface area contributed by atoms with E-state index in [0.717, 1.165) is 17.5 Å². The zero-order valence-electron chi connectivity index (χ0n) is 6.82. The van der Waals surface area contributed by atoms with Crippen molar-refractivity contribution >= 4 is 17.8 Å². The van der Waals surface area contributed by atoms with Crippen LogP contribution in [0.25, 0.3) is 0 Å². The lowest BCUT2D eigenvalue weighted by atomic mass is 10.1. The SMILES string of the molecule is O=COCC(c1cncs1)C(F)(F)F. The van der Waals surface area contributed by atoms with Crippen LogP contribution in [-0.4, -0.2) is 24.2 Å². The Morgan fingerprint density at radius 3 is 2.79 bits per heavy atom. The minimum Gasteiger partial charge on any atom is -0.467 e. The highest BCUT2D eigenvalue weighted by Crippen LogP contribution is 2.36. The molecule has 0 fully saturated rings. The Morgan fingerprint density at radius 1 is 1.64 bits per heavy atom. The molecular formula is C7H6F3NO2S. The Kier molecular flexibility index (Phi) is 3.45. The summed E-state index contributed by atoms with van der Waals surface area (Å²) in [6.07, 6.45) is -3.30. The van der Waals surface area contributed by atoms with Crippen LogP contribution in [0.1, 0.15) is 10.8 Å². The maximum atomic E-state index is 12.4. The maximum absolute atomic E-state index is 12.4. The van der Waals surface area contributed by atoms with Crippen molar-refractivity contribution in [1.82, 2.24) is 4.98 Å². The molecule has 7 heteroatoms. The lowest BCUT2D eigenvalue weighted by Gasteiger charge is -2.16. The number of hydrogen-bond donors (Lipinski definition) is 0. The van der Waals surface area contributed by atoms with Gasteiger partial charge in [0, 0.05) is 11.1 Å². The molecule has 3 nitrogen and oxygen atoms in total. The van der Waals surface area contributed by atoms with Gasteiger partial charge >= 0.3 is 6.18 Å². The van der Waals surface area contributed by atoms with Crippen LogP contribution in [0.15, 0.2) is 11.7 Å². The molecular weight excluding hydrogens is 219 g/mol. The summed E-state index contributed by atoms with van der Waals surface area (Å²) in [5.41, 5.74) is 1.30. The van der Waals surface area contributed by atoms with Gasteiger partial charge in [-0.3, -0.25) is 9.78 Å². The first kappa shape index (κ1) is 11.0. The zero-order valence-corrected chi connectivity index (χ0v) is 7.64. The minimum atomic E-state index is -4.42.